The fraction of sp³-hybridized carbons (Fsp3) is 0. The van der Waals surface area contributed by atoms with Crippen LogP contribution in [0.2, 0.25) is 0 Å². The normalized spacial score (nSPS) is 8.21. The first-order chi connectivity index (χ1) is 9.13. The van der Waals surface area contributed by atoms with Crippen LogP contribution in [0.4, 0.5) is 0 Å². The Balaban J connectivity index is 0.000000356. The van der Waals surface area contributed by atoms with Crippen LogP contribution in [-0.2, 0) is 24.4 Å². The summed E-state index contributed by atoms with van der Waals surface area (Å²) in [7, 11) is 0. The van der Waals surface area contributed by atoms with Crippen molar-refractivity contribution in [2.24, 2.45) is 0 Å². The van der Waals surface area contributed by atoms with E-state index in [0.29, 0.717) is 0 Å². The zero-order valence-corrected chi connectivity index (χ0v) is 9.98. The molecule has 0 heterocycles. The van der Waals surface area contributed by atoms with E-state index in [1.807, 2.05) is 18.2 Å². The number of carbonyl (C=O) groups excluding carboxylic acids is 3. The van der Waals surface area contributed by atoms with Crippen molar-refractivity contribution in [2.45, 2.75) is 0 Å². The molecule has 0 saturated carbocycles. The molecule has 0 aliphatic carbocycles. The Bertz CT molecular complexity index is 418. The molecule has 6 heteroatoms. The highest BCUT2D eigenvalue weighted by atomic mass is 17.5. The van der Waals surface area contributed by atoms with Gasteiger partial charge in [-0.15, -0.1) is 0 Å². The third-order valence-corrected chi connectivity index (χ3v) is 1.50. The molecule has 1 aromatic carbocycles. The van der Waals surface area contributed by atoms with Crippen molar-refractivity contribution in [3.05, 3.63) is 61.2 Å². The molecule has 0 N–H and O–H groups in total. The minimum absolute atomic E-state index is 0.729. The van der Waals surface area contributed by atoms with Gasteiger partial charge >= 0.3 is 11.9 Å². The summed E-state index contributed by atoms with van der Waals surface area (Å²) >= 11 is 0. The van der Waals surface area contributed by atoms with E-state index >= 15 is 0 Å². The highest BCUT2D eigenvalue weighted by molar-refractivity contribution is 5.81. The molecule has 100 valence electrons. The average Bonchev–Trinajstić information content (AvgIpc) is 2.48. The van der Waals surface area contributed by atoms with Crippen LogP contribution in [0.1, 0.15) is 10.4 Å². The molecule has 0 aliphatic rings. The maximum absolute atomic E-state index is 10.2. The maximum atomic E-state index is 10.2. The summed E-state index contributed by atoms with van der Waals surface area (Å²) in [6.45, 7) is 6.13. The van der Waals surface area contributed by atoms with Gasteiger partial charge in [-0.1, -0.05) is 43.5 Å². The third kappa shape index (κ3) is 9.02. The molecule has 0 aromatic heterocycles. The molecule has 0 spiro atoms. The molecule has 0 aliphatic heterocycles. The fourth-order valence-electron chi connectivity index (χ4n) is 0.684. The van der Waals surface area contributed by atoms with Gasteiger partial charge in [0.2, 0.25) is 0 Å². The lowest BCUT2D eigenvalue weighted by atomic mass is 10.2. The highest BCUT2D eigenvalue weighted by Crippen LogP contribution is 1.91. The van der Waals surface area contributed by atoms with E-state index < -0.39 is 11.9 Å². The Labute approximate surface area is 109 Å². The molecule has 0 unspecified atom stereocenters. The molecule has 0 bridgehead atoms. The number of rotatable bonds is 5. The molecule has 0 atom stereocenters. The van der Waals surface area contributed by atoms with Crippen molar-refractivity contribution in [1.82, 2.24) is 0 Å². The summed E-state index contributed by atoms with van der Waals surface area (Å²) in [6, 6.07) is 9.10. The molecular weight excluding hydrogens is 252 g/mol. The van der Waals surface area contributed by atoms with Crippen LogP contribution in [0.3, 0.4) is 0 Å². The van der Waals surface area contributed by atoms with Gasteiger partial charge in [0.25, 0.3) is 0 Å². The van der Waals surface area contributed by atoms with Gasteiger partial charge in [-0.2, -0.15) is 0 Å². The Morgan fingerprint density at radius 3 is 1.74 bits per heavy atom. The first kappa shape index (κ1) is 16.3. The van der Waals surface area contributed by atoms with E-state index in [9.17, 15) is 14.4 Å². The smallest absolute Gasteiger partial charge is 0.298 e. The first-order valence-electron chi connectivity index (χ1n) is 4.98. The predicted molar refractivity (Wildman–Crippen MR) is 65.5 cm³/mol. The number of aldehydes is 1. The summed E-state index contributed by atoms with van der Waals surface area (Å²) in [5.41, 5.74) is 0.729. The fourth-order valence-corrected chi connectivity index (χ4v) is 0.684. The van der Waals surface area contributed by atoms with Crippen LogP contribution < -0.4 is 0 Å². The van der Waals surface area contributed by atoms with Gasteiger partial charge in [-0.05, 0) is 0 Å². The Morgan fingerprint density at radius 2 is 1.42 bits per heavy atom. The molecule has 0 amide bonds. The minimum atomic E-state index is -0.859. The lowest BCUT2D eigenvalue weighted by Crippen LogP contribution is -2.06. The summed E-state index contributed by atoms with van der Waals surface area (Å²) in [6.07, 6.45) is 2.53. The molecule has 0 saturated heterocycles. The van der Waals surface area contributed by atoms with Crippen LogP contribution in [0.5, 0.6) is 0 Å². The van der Waals surface area contributed by atoms with E-state index in [1.165, 1.54) is 0 Å². The van der Waals surface area contributed by atoms with Crippen LogP contribution in [0.15, 0.2) is 55.6 Å². The zero-order chi connectivity index (χ0) is 14.5. The van der Waals surface area contributed by atoms with Gasteiger partial charge in [0.15, 0.2) is 0 Å². The predicted octanol–water partition coefficient (Wildman–Crippen LogP) is 1.79. The summed E-state index contributed by atoms with van der Waals surface area (Å²) in [5, 5.41) is 3.70. The van der Waals surface area contributed by atoms with Gasteiger partial charge in [0, 0.05) is 22.8 Å². The van der Waals surface area contributed by atoms with Crippen molar-refractivity contribution in [1.29, 1.82) is 0 Å². The van der Waals surface area contributed by atoms with E-state index in [0.717, 1.165) is 24.0 Å². The lowest BCUT2D eigenvalue weighted by Gasteiger charge is -1.95. The van der Waals surface area contributed by atoms with E-state index in [2.05, 4.69) is 28.0 Å². The van der Waals surface area contributed by atoms with Crippen molar-refractivity contribution in [2.75, 3.05) is 0 Å². The SMILES string of the molecule is C=CC(=O)OOOC(=O)C=C.O=Cc1ccccc1. The molecule has 6 nitrogen and oxygen atoms in total. The maximum Gasteiger partial charge on any atom is 0.369 e. The van der Waals surface area contributed by atoms with Crippen molar-refractivity contribution >= 4 is 18.2 Å². The van der Waals surface area contributed by atoms with Gasteiger partial charge in [0.05, 0.1) is 0 Å². The Kier molecular flexibility index (Phi) is 8.93. The molecular formula is C13H12O6. The van der Waals surface area contributed by atoms with Crippen molar-refractivity contribution in [3.8, 4) is 0 Å². The first-order valence-corrected chi connectivity index (χ1v) is 4.98. The van der Waals surface area contributed by atoms with Gasteiger partial charge in [-0.3, -0.25) is 14.6 Å². The van der Waals surface area contributed by atoms with Crippen LogP contribution in [0, 0.1) is 0 Å². The number of hydrogen-bond donors (Lipinski definition) is 0. The van der Waals surface area contributed by atoms with Gasteiger partial charge in [-0.25, -0.2) is 9.59 Å². The molecule has 0 fully saturated rings. The number of benzene rings is 1. The lowest BCUT2D eigenvalue weighted by molar-refractivity contribution is -0.455. The Hall–Kier alpha value is -2.73. The second-order valence-electron chi connectivity index (χ2n) is 2.81. The van der Waals surface area contributed by atoms with Gasteiger partial charge < -0.3 is 0 Å². The highest BCUT2D eigenvalue weighted by Gasteiger charge is 2.00. The molecule has 1 rings (SSSR count). The third-order valence-electron chi connectivity index (χ3n) is 1.50. The number of hydrogen-bond acceptors (Lipinski definition) is 6. The topological polar surface area (TPSA) is 78.9 Å². The second kappa shape index (κ2) is 10.4. The summed E-state index contributed by atoms with van der Waals surface area (Å²) in [4.78, 5) is 38.0. The van der Waals surface area contributed by atoms with E-state index in [1.54, 1.807) is 12.1 Å². The summed E-state index contributed by atoms with van der Waals surface area (Å²) in [5.74, 6) is -1.72. The van der Waals surface area contributed by atoms with Crippen molar-refractivity contribution in [3.63, 3.8) is 0 Å². The Morgan fingerprint density at radius 1 is 0.947 bits per heavy atom. The molecule has 19 heavy (non-hydrogen) atoms. The standard InChI is InChI=1S/C7H6O.C6H6O5/c8-6-7-4-2-1-3-5-7;1-3-5(7)9-11-10-6(8)4-2/h1-6H;3-4H,1-2H2. The van der Waals surface area contributed by atoms with Crippen LogP contribution >= 0.6 is 0 Å². The van der Waals surface area contributed by atoms with Crippen molar-refractivity contribution < 1.29 is 29.2 Å². The largest absolute Gasteiger partial charge is 0.369 e. The average molecular weight is 264 g/mol. The molecule has 0 radical (unpaired) electrons. The zero-order valence-electron chi connectivity index (χ0n) is 9.98. The second-order valence-corrected chi connectivity index (χ2v) is 2.81. The van der Waals surface area contributed by atoms with E-state index in [4.69, 9.17) is 0 Å². The van der Waals surface area contributed by atoms with Gasteiger partial charge in [0.1, 0.15) is 6.29 Å². The minimum Gasteiger partial charge on any atom is -0.298 e. The van der Waals surface area contributed by atoms with Crippen LogP contribution in [-0.4, -0.2) is 18.2 Å². The quantitative estimate of drug-likeness (QED) is 0.349. The molecule has 1 aromatic rings. The number of carbonyl (C=O) groups is 3. The van der Waals surface area contributed by atoms with Crippen LogP contribution in [0.25, 0.3) is 0 Å². The monoisotopic (exact) mass is 264 g/mol. The van der Waals surface area contributed by atoms with E-state index in [-0.39, 0.29) is 0 Å². The summed E-state index contributed by atoms with van der Waals surface area (Å²) < 4.78 is 0.